The molecule has 2 rings (SSSR count). The number of ether oxygens (including phenoxy) is 1. The Labute approximate surface area is 103 Å². The first-order chi connectivity index (χ1) is 8.61. The van der Waals surface area contributed by atoms with Crippen molar-refractivity contribution in [3.63, 3.8) is 0 Å². The number of benzene rings is 1. The monoisotopic (exact) mass is 243 g/mol. The van der Waals surface area contributed by atoms with Crippen LogP contribution in [0.5, 0.6) is 0 Å². The van der Waals surface area contributed by atoms with Crippen LogP contribution in [0.3, 0.4) is 0 Å². The highest BCUT2D eigenvalue weighted by atomic mass is 16.5. The fourth-order valence-corrected chi connectivity index (χ4v) is 1.54. The second-order valence-corrected chi connectivity index (χ2v) is 3.51. The van der Waals surface area contributed by atoms with Gasteiger partial charge in [-0.1, -0.05) is 5.92 Å². The molecule has 1 aliphatic heterocycles. The van der Waals surface area contributed by atoms with Gasteiger partial charge < -0.3 is 4.74 Å². The van der Waals surface area contributed by atoms with Gasteiger partial charge in [-0.2, -0.15) is 0 Å². The molecule has 2 amide bonds. The van der Waals surface area contributed by atoms with Gasteiger partial charge in [-0.05, 0) is 25.1 Å². The van der Waals surface area contributed by atoms with E-state index in [-0.39, 0.29) is 12.2 Å². The van der Waals surface area contributed by atoms with Gasteiger partial charge in [-0.15, -0.1) is 0 Å². The van der Waals surface area contributed by atoms with E-state index in [1.54, 1.807) is 13.0 Å². The minimum absolute atomic E-state index is 0.259. The maximum Gasteiger partial charge on any atom is 0.384 e. The molecule has 0 aromatic heterocycles. The van der Waals surface area contributed by atoms with Crippen molar-refractivity contribution in [1.82, 2.24) is 5.32 Å². The Morgan fingerprint density at radius 3 is 2.72 bits per heavy atom. The van der Waals surface area contributed by atoms with Gasteiger partial charge in [0, 0.05) is 11.5 Å². The van der Waals surface area contributed by atoms with Crippen molar-refractivity contribution in [2.75, 3.05) is 6.61 Å². The number of imide groups is 1. The molecular weight excluding hydrogens is 234 g/mol. The Morgan fingerprint density at radius 2 is 2.00 bits per heavy atom. The molecule has 0 unspecified atom stereocenters. The zero-order chi connectivity index (χ0) is 13.1. The summed E-state index contributed by atoms with van der Waals surface area (Å²) >= 11 is 0. The summed E-state index contributed by atoms with van der Waals surface area (Å²) in [4.78, 5) is 33.7. The lowest BCUT2D eigenvalue weighted by Crippen LogP contribution is -2.19. The van der Waals surface area contributed by atoms with Crippen LogP contribution in [0.15, 0.2) is 18.2 Å². The quantitative estimate of drug-likeness (QED) is 0.442. The summed E-state index contributed by atoms with van der Waals surface area (Å²) < 4.78 is 4.65. The Morgan fingerprint density at radius 1 is 1.28 bits per heavy atom. The van der Waals surface area contributed by atoms with E-state index in [2.05, 4.69) is 21.9 Å². The molecule has 1 aliphatic rings. The van der Waals surface area contributed by atoms with Crippen LogP contribution < -0.4 is 5.32 Å². The molecular formula is C13H9NO4. The Hall–Kier alpha value is -2.61. The molecule has 0 bridgehead atoms. The standard InChI is InChI=1S/C13H9NO4/c1-2-18-11(15)6-4-8-3-5-9-10(7-8)13(17)14-12(9)16/h3,5,7H,2H2,1H3,(H,14,16,17). The summed E-state index contributed by atoms with van der Waals surface area (Å²) in [7, 11) is 0. The molecule has 0 aliphatic carbocycles. The maximum atomic E-state index is 11.4. The van der Waals surface area contributed by atoms with Crippen molar-refractivity contribution in [3.05, 3.63) is 34.9 Å². The van der Waals surface area contributed by atoms with E-state index < -0.39 is 17.8 Å². The molecule has 90 valence electrons. The number of amides is 2. The number of hydrogen-bond acceptors (Lipinski definition) is 4. The minimum Gasteiger partial charge on any atom is -0.456 e. The minimum atomic E-state index is -0.626. The number of esters is 1. The zero-order valence-electron chi connectivity index (χ0n) is 9.57. The molecule has 5 nitrogen and oxygen atoms in total. The predicted molar refractivity (Wildman–Crippen MR) is 61.7 cm³/mol. The largest absolute Gasteiger partial charge is 0.456 e. The summed E-state index contributed by atoms with van der Waals surface area (Å²) in [5.41, 5.74) is 1.07. The topological polar surface area (TPSA) is 72.5 Å². The van der Waals surface area contributed by atoms with E-state index in [4.69, 9.17) is 0 Å². The average Bonchev–Trinajstić information content (AvgIpc) is 2.63. The Bertz CT molecular complexity index is 607. The summed E-state index contributed by atoms with van der Waals surface area (Å²) in [6.07, 6.45) is 0. The fraction of sp³-hybridized carbons (Fsp3) is 0.154. The van der Waals surface area contributed by atoms with Gasteiger partial charge in [-0.25, -0.2) is 4.79 Å². The molecule has 0 fully saturated rings. The van der Waals surface area contributed by atoms with E-state index in [0.29, 0.717) is 11.1 Å². The van der Waals surface area contributed by atoms with Crippen molar-refractivity contribution < 1.29 is 19.1 Å². The van der Waals surface area contributed by atoms with E-state index in [1.807, 2.05) is 0 Å². The third kappa shape index (κ3) is 2.23. The number of rotatable bonds is 1. The van der Waals surface area contributed by atoms with Gasteiger partial charge in [0.05, 0.1) is 17.7 Å². The molecule has 18 heavy (non-hydrogen) atoms. The number of carbonyl (C=O) groups is 3. The van der Waals surface area contributed by atoms with E-state index in [0.717, 1.165) is 0 Å². The highest BCUT2D eigenvalue weighted by Gasteiger charge is 2.26. The first kappa shape index (κ1) is 11.9. The van der Waals surface area contributed by atoms with Gasteiger partial charge in [0.15, 0.2) is 0 Å². The van der Waals surface area contributed by atoms with Crippen LogP contribution in [0, 0.1) is 11.8 Å². The lowest BCUT2D eigenvalue weighted by atomic mass is 10.1. The summed E-state index contributed by atoms with van der Waals surface area (Å²) in [5.74, 6) is 3.38. The lowest BCUT2D eigenvalue weighted by molar-refractivity contribution is -0.136. The van der Waals surface area contributed by atoms with Crippen LogP contribution in [-0.4, -0.2) is 24.4 Å². The fourth-order valence-electron chi connectivity index (χ4n) is 1.54. The summed E-state index contributed by atoms with van der Waals surface area (Å²) in [6.45, 7) is 1.94. The maximum absolute atomic E-state index is 11.4. The third-order valence-corrected chi connectivity index (χ3v) is 2.32. The SMILES string of the molecule is CCOC(=O)C#Cc1ccc2c(c1)C(=O)NC2=O. The van der Waals surface area contributed by atoms with Crippen LogP contribution in [0.1, 0.15) is 33.2 Å². The van der Waals surface area contributed by atoms with Crippen LogP contribution in [0.2, 0.25) is 0 Å². The van der Waals surface area contributed by atoms with Crippen molar-refractivity contribution in [2.24, 2.45) is 0 Å². The highest BCUT2D eigenvalue weighted by molar-refractivity contribution is 6.21. The lowest BCUT2D eigenvalue weighted by Gasteiger charge is -1.95. The second-order valence-electron chi connectivity index (χ2n) is 3.51. The molecule has 0 atom stereocenters. The van der Waals surface area contributed by atoms with Crippen molar-refractivity contribution in [1.29, 1.82) is 0 Å². The van der Waals surface area contributed by atoms with Crippen LogP contribution >= 0.6 is 0 Å². The second kappa shape index (κ2) is 4.72. The van der Waals surface area contributed by atoms with Gasteiger partial charge in [0.1, 0.15) is 0 Å². The molecule has 0 saturated heterocycles. The van der Waals surface area contributed by atoms with Crippen molar-refractivity contribution in [2.45, 2.75) is 6.92 Å². The van der Waals surface area contributed by atoms with Crippen LogP contribution in [0.25, 0.3) is 0 Å². The van der Waals surface area contributed by atoms with Crippen molar-refractivity contribution in [3.8, 4) is 11.8 Å². The zero-order valence-corrected chi connectivity index (χ0v) is 9.57. The number of fused-ring (bicyclic) bond motifs is 1. The van der Waals surface area contributed by atoms with Gasteiger partial charge >= 0.3 is 5.97 Å². The van der Waals surface area contributed by atoms with Gasteiger partial charge in [-0.3, -0.25) is 14.9 Å². The molecule has 1 aromatic carbocycles. The average molecular weight is 243 g/mol. The van der Waals surface area contributed by atoms with E-state index in [1.165, 1.54) is 12.1 Å². The first-order valence-corrected chi connectivity index (χ1v) is 5.30. The molecule has 0 saturated carbocycles. The van der Waals surface area contributed by atoms with E-state index in [9.17, 15) is 14.4 Å². The normalized spacial score (nSPS) is 12.3. The van der Waals surface area contributed by atoms with Gasteiger partial charge in [0.25, 0.3) is 11.8 Å². The smallest absolute Gasteiger partial charge is 0.384 e. The predicted octanol–water partition coefficient (Wildman–Crippen LogP) is 0.485. The Balaban J connectivity index is 2.28. The molecule has 5 heteroatoms. The molecule has 1 N–H and O–H groups in total. The molecule has 0 radical (unpaired) electrons. The Kier molecular flexibility index (Phi) is 3.11. The van der Waals surface area contributed by atoms with Crippen LogP contribution in [-0.2, 0) is 9.53 Å². The van der Waals surface area contributed by atoms with Gasteiger partial charge in [0.2, 0.25) is 0 Å². The number of carbonyl (C=O) groups excluding carboxylic acids is 3. The third-order valence-electron chi connectivity index (χ3n) is 2.32. The summed E-state index contributed by atoms with van der Waals surface area (Å²) in [5, 5.41) is 2.18. The summed E-state index contributed by atoms with van der Waals surface area (Å²) in [6, 6.07) is 4.55. The van der Waals surface area contributed by atoms with Crippen molar-refractivity contribution >= 4 is 17.8 Å². The highest BCUT2D eigenvalue weighted by Crippen LogP contribution is 2.16. The first-order valence-electron chi connectivity index (χ1n) is 5.30. The number of hydrogen-bond donors (Lipinski definition) is 1. The van der Waals surface area contributed by atoms with Crippen LogP contribution in [0.4, 0.5) is 0 Å². The molecule has 1 aromatic rings. The number of nitrogens with one attached hydrogen (secondary N) is 1. The molecule has 1 heterocycles. The molecule has 0 spiro atoms. The van der Waals surface area contributed by atoms with E-state index >= 15 is 0 Å².